The van der Waals surface area contributed by atoms with Gasteiger partial charge in [0.05, 0.1) is 17.4 Å². The standard InChI is InChI=1S/C25H24FN7O2/c1-4-23(34)31-21-10-19(5-6-22(21)35-8-7-33(2)3)30-25-29-13-17-12-28-15-20(24(17)32-25)16-9-18(26)14-27-11-16/h4-6,9-15H,1,7-8H2,2-3H3,(H,31,34)(H,29,30,32). The van der Waals surface area contributed by atoms with Crippen LogP contribution in [0.25, 0.3) is 22.0 Å². The summed E-state index contributed by atoms with van der Waals surface area (Å²) in [5.41, 5.74) is 2.89. The lowest BCUT2D eigenvalue weighted by atomic mass is 10.1. The minimum atomic E-state index is -0.450. The van der Waals surface area contributed by atoms with Gasteiger partial charge in [-0.1, -0.05) is 6.58 Å². The van der Waals surface area contributed by atoms with E-state index in [4.69, 9.17) is 4.74 Å². The number of likely N-dealkylation sites (N-methyl/N-ethyl adjacent to an activating group) is 1. The molecule has 0 fully saturated rings. The lowest BCUT2D eigenvalue weighted by Crippen LogP contribution is -2.20. The van der Waals surface area contributed by atoms with Gasteiger partial charge in [0.2, 0.25) is 11.9 Å². The van der Waals surface area contributed by atoms with Crippen LogP contribution in [0.2, 0.25) is 0 Å². The van der Waals surface area contributed by atoms with Crippen molar-refractivity contribution in [2.24, 2.45) is 0 Å². The topological polar surface area (TPSA) is 105 Å². The zero-order chi connectivity index (χ0) is 24.8. The average molecular weight is 474 g/mol. The van der Waals surface area contributed by atoms with Crippen LogP contribution in [0.15, 0.2) is 67.9 Å². The van der Waals surface area contributed by atoms with Gasteiger partial charge in [-0.15, -0.1) is 0 Å². The highest BCUT2D eigenvalue weighted by Gasteiger charge is 2.12. The summed E-state index contributed by atoms with van der Waals surface area (Å²) >= 11 is 0. The van der Waals surface area contributed by atoms with E-state index >= 15 is 0 Å². The number of pyridine rings is 2. The van der Waals surface area contributed by atoms with Gasteiger partial charge in [0.15, 0.2) is 0 Å². The molecule has 0 aliphatic heterocycles. The van der Waals surface area contributed by atoms with E-state index in [1.165, 1.54) is 12.1 Å². The fraction of sp³-hybridized carbons (Fsp3) is 0.160. The van der Waals surface area contributed by atoms with E-state index < -0.39 is 5.82 Å². The number of rotatable bonds is 9. The summed E-state index contributed by atoms with van der Waals surface area (Å²) in [6, 6.07) is 6.66. The Bertz CT molecular complexity index is 1380. The van der Waals surface area contributed by atoms with Crippen molar-refractivity contribution in [2.45, 2.75) is 0 Å². The zero-order valence-corrected chi connectivity index (χ0v) is 19.3. The number of nitrogens with one attached hydrogen (secondary N) is 2. The maximum atomic E-state index is 13.7. The van der Waals surface area contributed by atoms with Crippen molar-refractivity contribution in [1.29, 1.82) is 0 Å². The smallest absolute Gasteiger partial charge is 0.247 e. The highest BCUT2D eigenvalue weighted by Crippen LogP contribution is 2.31. The van der Waals surface area contributed by atoms with Gasteiger partial charge in [-0.2, -0.15) is 0 Å². The third-order valence-corrected chi connectivity index (χ3v) is 4.98. The lowest BCUT2D eigenvalue weighted by Gasteiger charge is -2.16. The molecule has 0 unspecified atom stereocenters. The Morgan fingerprint density at radius 2 is 1.97 bits per heavy atom. The number of fused-ring (bicyclic) bond motifs is 1. The summed E-state index contributed by atoms with van der Waals surface area (Å²) in [5.74, 6) is 0.0342. The normalized spacial score (nSPS) is 10.9. The molecule has 35 heavy (non-hydrogen) atoms. The molecule has 4 rings (SSSR count). The number of amides is 1. The molecule has 0 atom stereocenters. The monoisotopic (exact) mass is 473 g/mol. The molecule has 178 valence electrons. The molecule has 0 radical (unpaired) electrons. The molecule has 10 heteroatoms. The van der Waals surface area contributed by atoms with Crippen LogP contribution in [0, 0.1) is 5.82 Å². The van der Waals surface area contributed by atoms with Crippen LogP contribution in [0.1, 0.15) is 0 Å². The number of carbonyl (C=O) groups excluding carboxylic acids is 1. The number of hydrogen-bond acceptors (Lipinski definition) is 8. The van der Waals surface area contributed by atoms with Gasteiger partial charge in [0.25, 0.3) is 0 Å². The molecule has 0 saturated heterocycles. The van der Waals surface area contributed by atoms with E-state index in [-0.39, 0.29) is 5.91 Å². The molecule has 0 saturated carbocycles. The summed E-state index contributed by atoms with van der Waals surface area (Å²) in [6.45, 7) is 4.68. The van der Waals surface area contributed by atoms with Gasteiger partial charge < -0.3 is 20.3 Å². The van der Waals surface area contributed by atoms with Crippen LogP contribution >= 0.6 is 0 Å². The summed E-state index contributed by atoms with van der Waals surface area (Å²) < 4.78 is 19.6. The first kappa shape index (κ1) is 23.7. The minimum Gasteiger partial charge on any atom is -0.490 e. The summed E-state index contributed by atoms with van der Waals surface area (Å²) in [4.78, 5) is 31.1. The highest BCUT2D eigenvalue weighted by atomic mass is 19.1. The Hall–Kier alpha value is -4.44. The Morgan fingerprint density at radius 3 is 2.74 bits per heavy atom. The van der Waals surface area contributed by atoms with Gasteiger partial charge in [0, 0.05) is 53.5 Å². The van der Waals surface area contributed by atoms with Crippen molar-refractivity contribution in [3.05, 3.63) is 73.7 Å². The van der Waals surface area contributed by atoms with Crippen molar-refractivity contribution in [3.63, 3.8) is 0 Å². The van der Waals surface area contributed by atoms with Crippen LogP contribution in [0.3, 0.4) is 0 Å². The molecule has 1 aromatic carbocycles. The van der Waals surface area contributed by atoms with Gasteiger partial charge in [0.1, 0.15) is 18.2 Å². The summed E-state index contributed by atoms with van der Waals surface area (Å²) in [5, 5.41) is 6.60. The van der Waals surface area contributed by atoms with Gasteiger partial charge in [-0.25, -0.2) is 14.4 Å². The van der Waals surface area contributed by atoms with Crippen LogP contribution in [-0.2, 0) is 4.79 Å². The van der Waals surface area contributed by atoms with Crippen molar-refractivity contribution >= 4 is 34.1 Å². The number of hydrogen-bond donors (Lipinski definition) is 2. The molecule has 0 spiro atoms. The van der Waals surface area contributed by atoms with Gasteiger partial charge in [-0.3, -0.25) is 14.8 Å². The number of benzene rings is 1. The van der Waals surface area contributed by atoms with Crippen molar-refractivity contribution in [1.82, 2.24) is 24.8 Å². The first-order chi connectivity index (χ1) is 16.9. The predicted molar refractivity (Wildman–Crippen MR) is 133 cm³/mol. The molecule has 4 aromatic rings. The third-order valence-electron chi connectivity index (χ3n) is 4.98. The van der Waals surface area contributed by atoms with E-state index in [9.17, 15) is 9.18 Å². The number of ether oxygens (including phenoxy) is 1. The Balaban J connectivity index is 1.64. The SMILES string of the molecule is C=CC(=O)Nc1cc(Nc2ncc3cncc(-c4cncc(F)c4)c3n2)ccc1OCCN(C)C. The second-order valence-electron chi connectivity index (χ2n) is 7.89. The van der Waals surface area contributed by atoms with E-state index in [1.807, 2.05) is 19.0 Å². The number of nitrogens with zero attached hydrogens (tertiary/aromatic N) is 5. The van der Waals surface area contributed by atoms with Gasteiger partial charge >= 0.3 is 0 Å². The number of aromatic nitrogens is 4. The molecular formula is C25H24FN7O2. The average Bonchev–Trinajstić information content (AvgIpc) is 2.84. The van der Waals surface area contributed by atoms with E-state index in [2.05, 4.69) is 37.1 Å². The molecule has 1 amide bonds. The van der Waals surface area contributed by atoms with Crippen molar-refractivity contribution < 1.29 is 13.9 Å². The molecule has 9 nitrogen and oxygen atoms in total. The minimum absolute atomic E-state index is 0.316. The van der Waals surface area contributed by atoms with Crippen LogP contribution in [0.4, 0.5) is 21.7 Å². The van der Waals surface area contributed by atoms with Crippen molar-refractivity contribution in [3.8, 4) is 16.9 Å². The Kier molecular flexibility index (Phi) is 7.22. The predicted octanol–water partition coefficient (Wildman–Crippen LogP) is 4.03. The Labute approximate surface area is 201 Å². The quantitative estimate of drug-likeness (QED) is 0.351. The number of halogens is 1. The number of carbonyl (C=O) groups is 1. The molecule has 0 aliphatic carbocycles. The molecule has 0 bridgehead atoms. The molecule has 3 aromatic heterocycles. The van der Waals surface area contributed by atoms with E-state index in [0.29, 0.717) is 51.7 Å². The molecule has 3 heterocycles. The zero-order valence-electron chi connectivity index (χ0n) is 19.3. The maximum Gasteiger partial charge on any atom is 0.247 e. The van der Waals surface area contributed by atoms with Crippen LogP contribution < -0.4 is 15.4 Å². The molecular weight excluding hydrogens is 449 g/mol. The van der Waals surface area contributed by atoms with Crippen molar-refractivity contribution in [2.75, 3.05) is 37.9 Å². The van der Waals surface area contributed by atoms with Crippen LogP contribution in [-0.4, -0.2) is 58.0 Å². The van der Waals surface area contributed by atoms with E-state index in [0.717, 1.165) is 12.7 Å². The first-order valence-corrected chi connectivity index (χ1v) is 10.8. The second-order valence-corrected chi connectivity index (χ2v) is 7.89. The Morgan fingerprint density at radius 1 is 1.14 bits per heavy atom. The summed E-state index contributed by atoms with van der Waals surface area (Å²) in [6.07, 6.45) is 8.76. The fourth-order valence-corrected chi connectivity index (χ4v) is 3.27. The fourth-order valence-electron chi connectivity index (χ4n) is 3.27. The molecule has 0 aliphatic rings. The maximum absolute atomic E-state index is 13.7. The largest absolute Gasteiger partial charge is 0.490 e. The second kappa shape index (κ2) is 10.7. The van der Waals surface area contributed by atoms with E-state index in [1.54, 1.807) is 43.0 Å². The summed E-state index contributed by atoms with van der Waals surface area (Å²) in [7, 11) is 3.90. The lowest BCUT2D eigenvalue weighted by molar-refractivity contribution is -0.111. The first-order valence-electron chi connectivity index (χ1n) is 10.8. The third kappa shape index (κ3) is 5.92. The number of anilines is 3. The highest BCUT2D eigenvalue weighted by molar-refractivity contribution is 6.00. The van der Waals surface area contributed by atoms with Gasteiger partial charge in [-0.05, 0) is 44.4 Å². The van der Waals surface area contributed by atoms with Crippen LogP contribution in [0.5, 0.6) is 5.75 Å². The molecule has 2 N–H and O–H groups in total.